The molecule has 0 radical (unpaired) electrons. The number of hydrogen-bond acceptors (Lipinski definition) is 1. The van der Waals surface area contributed by atoms with Crippen molar-refractivity contribution < 1.29 is 8.78 Å². The Hall–Kier alpha value is -0.960. The van der Waals surface area contributed by atoms with Gasteiger partial charge in [0.2, 0.25) is 0 Å². The number of rotatable bonds is 7. The third-order valence-electron chi connectivity index (χ3n) is 3.03. The second kappa shape index (κ2) is 7.38. The Morgan fingerprint density at radius 1 is 1.18 bits per heavy atom. The van der Waals surface area contributed by atoms with E-state index in [0.29, 0.717) is 5.56 Å². The van der Waals surface area contributed by atoms with Gasteiger partial charge in [0.15, 0.2) is 0 Å². The summed E-state index contributed by atoms with van der Waals surface area (Å²) in [6.07, 6.45) is 5.52. The maximum atomic E-state index is 13.6. The average molecular weight is 241 g/mol. The van der Waals surface area contributed by atoms with Crippen LogP contribution in [0.15, 0.2) is 18.2 Å². The minimum absolute atomic E-state index is 0.0209. The SMILES string of the molecule is CCCCCCC(NC)c1ccc(F)cc1F. The van der Waals surface area contributed by atoms with Gasteiger partial charge in [-0.2, -0.15) is 0 Å². The van der Waals surface area contributed by atoms with Crippen LogP contribution in [-0.4, -0.2) is 7.05 Å². The summed E-state index contributed by atoms with van der Waals surface area (Å²) in [6, 6.07) is 3.78. The van der Waals surface area contributed by atoms with Crippen LogP contribution in [0.25, 0.3) is 0 Å². The highest BCUT2D eigenvalue weighted by atomic mass is 19.1. The molecule has 0 aliphatic carbocycles. The molecule has 1 nitrogen and oxygen atoms in total. The maximum Gasteiger partial charge on any atom is 0.130 e. The van der Waals surface area contributed by atoms with E-state index in [9.17, 15) is 8.78 Å². The van der Waals surface area contributed by atoms with Crippen LogP contribution in [0.1, 0.15) is 50.6 Å². The highest BCUT2D eigenvalue weighted by Crippen LogP contribution is 2.23. The van der Waals surface area contributed by atoms with E-state index in [1.54, 1.807) is 0 Å². The van der Waals surface area contributed by atoms with Crippen LogP contribution in [0.3, 0.4) is 0 Å². The molecule has 0 amide bonds. The molecule has 96 valence electrons. The quantitative estimate of drug-likeness (QED) is 0.706. The van der Waals surface area contributed by atoms with Crippen molar-refractivity contribution in [3.8, 4) is 0 Å². The highest BCUT2D eigenvalue weighted by Gasteiger charge is 2.13. The molecule has 0 saturated carbocycles. The molecule has 0 fully saturated rings. The summed E-state index contributed by atoms with van der Waals surface area (Å²) in [7, 11) is 1.81. The van der Waals surface area contributed by atoms with Crippen LogP contribution in [0.5, 0.6) is 0 Å². The highest BCUT2D eigenvalue weighted by molar-refractivity contribution is 5.22. The van der Waals surface area contributed by atoms with E-state index in [1.165, 1.54) is 25.0 Å². The van der Waals surface area contributed by atoms with Crippen molar-refractivity contribution in [3.63, 3.8) is 0 Å². The first kappa shape index (κ1) is 14.1. The smallest absolute Gasteiger partial charge is 0.130 e. The van der Waals surface area contributed by atoms with E-state index in [-0.39, 0.29) is 6.04 Å². The molecule has 1 N–H and O–H groups in total. The molecular weight excluding hydrogens is 220 g/mol. The van der Waals surface area contributed by atoms with Crippen molar-refractivity contribution in [2.45, 2.75) is 45.1 Å². The Balaban J connectivity index is 2.59. The molecule has 1 rings (SSSR count). The maximum absolute atomic E-state index is 13.6. The van der Waals surface area contributed by atoms with E-state index in [4.69, 9.17) is 0 Å². The largest absolute Gasteiger partial charge is 0.313 e. The molecule has 0 aliphatic rings. The fourth-order valence-corrected chi connectivity index (χ4v) is 2.01. The van der Waals surface area contributed by atoms with Gasteiger partial charge in [-0.25, -0.2) is 8.78 Å². The van der Waals surface area contributed by atoms with Gasteiger partial charge in [0.05, 0.1) is 0 Å². The van der Waals surface area contributed by atoms with Crippen LogP contribution in [0, 0.1) is 11.6 Å². The van der Waals surface area contributed by atoms with Gasteiger partial charge in [-0.15, -0.1) is 0 Å². The second-order valence-corrected chi connectivity index (χ2v) is 4.36. The van der Waals surface area contributed by atoms with Crippen molar-refractivity contribution in [1.82, 2.24) is 5.32 Å². The Morgan fingerprint density at radius 2 is 1.94 bits per heavy atom. The molecule has 1 unspecified atom stereocenters. The van der Waals surface area contributed by atoms with Crippen molar-refractivity contribution in [2.75, 3.05) is 7.05 Å². The fraction of sp³-hybridized carbons (Fsp3) is 0.571. The standard InChI is InChI=1S/C14H21F2N/c1-3-4-5-6-7-14(17-2)12-9-8-11(15)10-13(12)16/h8-10,14,17H,3-7H2,1-2H3. The molecule has 0 bridgehead atoms. The van der Waals surface area contributed by atoms with E-state index >= 15 is 0 Å². The first-order valence-corrected chi connectivity index (χ1v) is 6.31. The predicted octanol–water partition coefficient (Wildman–Crippen LogP) is 4.20. The van der Waals surface area contributed by atoms with Gasteiger partial charge in [-0.05, 0) is 19.5 Å². The average Bonchev–Trinajstić information content (AvgIpc) is 2.31. The van der Waals surface area contributed by atoms with Crippen molar-refractivity contribution in [2.24, 2.45) is 0 Å². The Morgan fingerprint density at radius 3 is 2.53 bits per heavy atom. The monoisotopic (exact) mass is 241 g/mol. The lowest BCUT2D eigenvalue weighted by atomic mass is 9.99. The molecule has 0 aromatic heterocycles. The van der Waals surface area contributed by atoms with Crippen LogP contribution in [0.2, 0.25) is 0 Å². The fourth-order valence-electron chi connectivity index (χ4n) is 2.01. The number of unbranched alkanes of at least 4 members (excludes halogenated alkanes) is 3. The summed E-state index contributed by atoms with van der Waals surface area (Å²) in [5.74, 6) is -0.980. The molecule has 1 aromatic rings. The molecular formula is C14H21F2N. The zero-order valence-electron chi connectivity index (χ0n) is 10.6. The number of hydrogen-bond donors (Lipinski definition) is 1. The van der Waals surface area contributed by atoms with E-state index in [0.717, 1.165) is 25.3 Å². The van der Waals surface area contributed by atoms with E-state index in [2.05, 4.69) is 12.2 Å². The third-order valence-corrected chi connectivity index (χ3v) is 3.03. The lowest BCUT2D eigenvalue weighted by Gasteiger charge is -2.17. The molecule has 0 heterocycles. The molecule has 0 saturated heterocycles. The van der Waals surface area contributed by atoms with Crippen LogP contribution >= 0.6 is 0 Å². The van der Waals surface area contributed by atoms with Gasteiger partial charge >= 0.3 is 0 Å². The second-order valence-electron chi connectivity index (χ2n) is 4.36. The normalized spacial score (nSPS) is 12.7. The van der Waals surface area contributed by atoms with Gasteiger partial charge in [-0.3, -0.25) is 0 Å². The number of halogens is 2. The van der Waals surface area contributed by atoms with Gasteiger partial charge in [-0.1, -0.05) is 38.7 Å². The van der Waals surface area contributed by atoms with E-state index < -0.39 is 11.6 Å². The minimum atomic E-state index is -0.521. The summed E-state index contributed by atoms with van der Waals surface area (Å²) in [5.41, 5.74) is 0.561. The summed E-state index contributed by atoms with van der Waals surface area (Å²) in [6.45, 7) is 2.16. The van der Waals surface area contributed by atoms with Crippen LogP contribution in [-0.2, 0) is 0 Å². The molecule has 3 heteroatoms. The minimum Gasteiger partial charge on any atom is -0.313 e. The third kappa shape index (κ3) is 4.43. The first-order chi connectivity index (χ1) is 8.19. The van der Waals surface area contributed by atoms with Gasteiger partial charge in [0.1, 0.15) is 11.6 Å². The van der Waals surface area contributed by atoms with Gasteiger partial charge in [0, 0.05) is 17.7 Å². The Labute approximate surface area is 102 Å². The summed E-state index contributed by atoms with van der Waals surface area (Å²) < 4.78 is 26.4. The van der Waals surface area contributed by atoms with Crippen LogP contribution in [0.4, 0.5) is 8.78 Å². The zero-order chi connectivity index (χ0) is 12.7. The Bertz CT molecular complexity index is 339. The molecule has 1 atom stereocenters. The van der Waals surface area contributed by atoms with Crippen molar-refractivity contribution in [3.05, 3.63) is 35.4 Å². The summed E-state index contributed by atoms with van der Waals surface area (Å²) in [5, 5.41) is 3.09. The van der Waals surface area contributed by atoms with Gasteiger partial charge < -0.3 is 5.32 Å². The molecule has 0 spiro atoms. The first-order valence-electron chi connectivity index (χ1n) is 6.31. The van der Waals surface area contributed by atoms with Crippen molar-refractivity contribution in [1.29, 1.82) is 0 Å². The zero-order valence-corrected chi connectivity index (χ0v) is 10.6. The molecule has 17 heavy (non-hydrogen) atoms. The van der Waals surface area contributed by atoms with E-state index in [1.807, 2.05) is 7.05 Å². The van der Waals surface area contributed by atoms with Gasteiger partial charge in [0.25, 0.3) is 0 Å². The summed E-state index contributed by atoms with van der Waals surface area (Å²) in [4.78, 5) is 0. The Kier molecular flexibility index (Phi) is 6.12. The topological polar surface area (TPSA) is 12.0 Å². The lowest BCUT2D eigenvalue weighted by molar-refractivity contribution is 0.476. The molecule has 1 aromatic carbocycles. The molecule has 0 aliphatic heterocycles. The number of benzene rings is 1. The predicted molar refractivity (Wildman–Crippen MR) is 66.9 cm³/mol. The van der Waals surface area contributed by atoms with Crippen molar-refractivity contribution >= 4 is 0 Å². The lowest BCUT2D eigenvalue weighted by Crippen LogP contribution is -2.17. The number of nitrogens with one attached hydrogen (secondary N) is 1. The summed E-state index contributed by atoms with van der Waals surface area (Å²) >= 11 is 0. The van der Waals surface area contributed by atoms with Crippen LogP contribution < -0.4 is 5.32 Å².